The lowest BCUT2D eigenvalue weighted by Crippen LogP contribution is -2.14. The summed E-state index contributed by atoms with van der Waals surface area (Å²) < 4.78 is 1.82. The predicted molar refractivity (Wildman–Crippen MR) is 117 cm³/mol. The van der Waals surface area contributed by atoms with Gasteiger partial charge in [0.15, 0.2) is 5.65 Å². The fraction of sp³-hybridized carbons (Fsp3) is 0.182. The summed E-state index contributed by atoms with van der Waals surface area (Å²) in [4.78, 5) is 21.1. The van der Waals surface area contributed by atoms with E-state index in [4.69, 9.17) is 0 Å². The van der Waals surface area contributed by atoms with Crippen LogP contribution in [-0.2, 0) is 4.79 Å². The monoisotopic (exact) mass is 403 g/mol. The number of carbonyl (C=O) groups excluding carboxylic acids is 1. The van der Waals surface area contributed by atoms with Crippen LogP contribution < -0.4 is 5.32 Å². The van der Waals surface area contributed by atoms with Crippen LogP contribution in [0.4, 0.5) is 5.69 Å². The second-order valence-electron chi connectivity index (χ2n) is 6.97. The molecule has 0 fully saturated rings. The third-order valence-corrected chi connectivity index (χ3v) is 5.59. The van der Waals surface area contributed by atoms with Crippen molar-refractivity contribution in [1.82, 2.24) is 19.7 Å². The van der Waals surface area contributed by atoms with Crippen LogP contribution in [0, 0.1) is 20.8 Å². The largest absolute Gasteiger partial charge is 0.325 e. The minimum atomic E-state index is -0.0765. The van der Waals surface area contributed by atoms with Crippen molar-refractivity contribution in [3.05, 3.63) is 71.7 Å². The first-order valence-electron chi connectivity index (χ1n) is 9.27. The number of hydrogen-bond donors (Lipinski definition) is 1. The van der Waals surface area contributed by atoms with Crippen LogP contribution in [0.3, 0.4) is 0 Å². The number of thioether (sulfide) groups is 1. The smallest absolute Gasteiger partial charge is 0.234 e. The average molecular weight is 404 g/mol. The van der Waals surface area contributed by atoms with Crippen molar-refractivity contribution >= 4 is 34.4 Å². The zero-order valence-electron chi connectivity index (χ0n) is 16.5. The third-order valence-electron chi connectivity index (χ3n) is 4.59. The van der Waals surface area contributed by atoms with Crippen molar-refractivity contribution < 1.29 is 4.79 Å². The lowest BCUT2D eigenvalue weighted by Gasteiger charge is -2.08. The standard InChI is InChI=1S/C22H21N5OS/c1-14-4-7-17(8-5-14)26-20(28)12-29-22-18-11-25-27(21(18)23-13-24-22)19-9-6-15(2)10-16(19)3/h4-11,13H,12H2,1-3H3,(H,26,28). The average Bonchev–Trinajstić information content (AvgIpc) is 3.13. The van der Waals surface area contributed by atoms with Gasteiger partial charge in [-0.3, -0.25) is 4.79 Å². The molecule has 0 saturated heterocycles. The summed E-state index contributed by atoms with van der Waals surface area (Å²) in [5.41, 5.74) is 5.98. The highest BCUT2D eigenvalue weighted by atomic mass is 32.2. The Balaban J connectivity index is 1.53. The minimum absolute atomic E-state index is 0.0765. The first-order valence-corrected chi connectivity index (χ1v) is 10.3. The molecule has 0 unspecified atom stereocenters. The van der Waals surface area contributed by atoms with Gasteiger partial charge in [0.05, 0.1) is 23.0 Å². The van der Waals surface area contributed by atoms with Gasteiger partial charge in [0.25, 0.3) is 0 Å². The molecular formula is C22H21N5OS. The number of nitrogens with one attached hydrogen (secondary N) is 1. The summed E-state index contributed by atoms with van der Waals surface area (Å²) in [7, 11) is 0. The highest BCUT2D eigenvalue weighted by Crippen LogP contribution is 2.27. The zero-order chi connectivity index (χ0) is 20.4. The van der Waals surface area contributed by atoms with E-state index >= 15 is 0 Å². The first-order chi connectivity index (χ1) is 14.0. The number of aryl methyl sites for hydroxylation is 3. The Morgan fingerprint density at radius 2 is 1.79 bits per heavy atom. The molecule has 0 aliphatic rings. The summed E-state index contributed by atoms with van der Waals surface area (Å²) in [6, 6.07) is 14.0. The number of nitrogens with zero attached hydrogens (tertiary/aromatic N) is 4. The third kappa shape index (κ3) is 4.14. The number of aromatic nitrogens is 4. The van der Waals surface area contributed by atoms with Gasteiger partial charge in [0, 0.05) is 5.69 Å². The van der Waals surface area contributed by atoms with E-state index in [0.717, 1.165) is 38.6 Å². The van der Waals surface area contributed by atoms with Gasteiger partial charge in [-0.05, 0) is 44.5 Å². The maximum Gasteiger partial charge on any atom is 0.234 e. The molecule has 2 aromatic carbocycles. The van der Waals surface area contributed by atoms with Crippen molar-refractivity contribution in [2.24, 2.45) is 0 Å². The molecule has 0 saturated carbocycles. The normalized spacial score (nSPS) is 11.0. The second-order valence-corrected chi connectivity index (χ2v) is 7.93. The van der Waals surface area contributed by atoms with Crippen LogP contribution in [0.5, 0.6) is 0 Å². The number of anilines is 1. The number of amides is 1. The second kappa shape index (κ2) is 8.05. The molecule has 29 heavy (non-hydrogen) atoms. The molecule has 0 aliphatic heterocycles. The molecule has 0 spiro atoms. The van der Waals surface area contributed by atoms with E-state index in [9.17, 15) is 4.79 Å². The molecule has 0 aliphatic carbocycles. The maximum atomic E-state index is 12.3. The van der Waals surface area contributed by atoms with E-state index < -0.39 is 0 Å². The molecule has 6 nitrogen and oxygen atoms in total. The Labute approximate surface area is 173 Å². The van der Waals surface area contributed by atoms with Crippen molar-refractivity contribution in [3.63, 3.8) is 0 Å². The Morgan fingerprint density at radius 1 is 1.03 bits per heavy atom. The van der Waals surface area contributed by atoms with E-state index in [-0.39, 0.29) is 11.7 Å². The van der Waals surface area contributed by atoms with Gasteiger partial charge in [0.1, 0.15) is 11.4 Å². The molecule has 146 valence electrons. The Kier molecular flexibility index (Phi) is 5.31. The molecule has 0 bridgehead atoms. The van der Waals surface area contributed by atoms with Crippen molar-refractivity contribution in [3.8, 4) is 5.69 Å². The first kappa shape index (κ1) is 19.1. The van der Waals surface area contributed by atoms with Gasteiger partial charge in [-0.25, -0.2) is 14.6 Å². The molecular weight excluding hydrogens is 382 g/mol. The summed E-state index contributed by atoms with van der Waals surface area (Å²) in [5.74, 6) is 0.182. The number of hydrogen-bond acceptors (Lipinski definition) is 5. The van der Waals surface area contributed by atoms with Gasteiger partial charge in [0.2, 0.25) is 5.91 Å². The fourth-order valence-electron chi connectivity index (χ4n) is 3.12. The SMILES string of the molecule is Cc1ccc(NC(=O)CSc2ncnc3c2cnn3-c2ccc(C)cc2C)cc1. The van der Waals surface area contributed by atoms with Crippen LogP contribution in [0.25, 0.3) is 16.7 Å². The molecule has 1 amide bonds. The Hall–Kier alpha value is -3.19. The molecule has 0 atom stereocenters. The van der Waals surface area contributed by atoms with E-state index in [0.29, 0.717) is 0 Å². The van der Waals surface area contributed by atoms with Crippen molar-refractivity contribution in [2.45, 2.75) is 25.8 Å². The number of rotatable bonds is 5. The highest BCUT2D eigenvalue weighted by Gasteiger charge is 2.14. The van der Waals surface area contributed by atoms with Crippen LogP contribution in [0.15, 0.2) is 60.0 Å². The van der Waals surface area contributed by atoms with Gasteiger partial charge < -0.3 is 5.32 Å². The van der Waals surface area contributed by atoms with E-state index in [1.807, 2.05) is 41.9 Å². The molecule has 2 aromatic heterocycles. The van der Waals surface area contributed by atoms with Gasteiger partial charge in [-0.1, -0.05) is 47.2 Å². The summed E-state index contributed by atoms with van der Waals surface area (Å²) in [6.07, 6.45) is 3.28. The molecule has 0 radical (unpaired) electrons. The predicted octanol–water partition coefficient (Wildman–Crippen LogP) is 4.47. The van der Waals surface area contributed by atoms with E-state index in [2.05, 4.69) is 46.4 Å². The zero-order valence-corrected chi connectivity index (χ0v) is 17.3. The number of fused-ring (bicyclic) bond motifs is 1. The molecule has 4 rings (SSSR count). The van der Waals surface area contributed by atoms with Crippen molar-refractivity contribution in [1.29, 1.82) is 0 Å². The topological polar surface area (TPSA) is 72.7 Å². The van der Waals surface area contributed by atoms with Crippen LogP contribution in [-0.4, -0.2) is 31.4 Å². The Bertz CT molecular complexity index is 1180. The number of benzene rings is 2. The molecule has 7 heteroatoms. The highest BCUT2D eigenvalue weighted by molar-refractivity contribution is 8.00. The quantitative estimate of drug-likeness (QED) is 0.393. The lowest BCUT2D eigenvalue weighted by molar-refractivity contribution is -0.113. The van der Waals surface area contributed by atoms with E-state index in [1.165, 1.54) is 23.7 Å². The number of carbonyl (C=O) groups is 1. The lowest BCUT2D eigenvalue weighted by atomic mass is 10.1. The summed E-state index contributed by atoms with van der Waals surface area (Å²) in [6.45, 7) is 6.14. The molecule has 2 heterocycles. The van der Waals surface area contributed by atoms with Gasteiger partial charge >= 0.3 is 0 Å². The van der Waals surface area contributed by atoms with Crippen LogP contribution >= 0.6 is 11.8 Å². The molecule has 4 aromatic rings. The fourth-order valence-corrected chi connectivity index (χ4v) is 3.89. The van der Waals surface area contributed by atoms with Gasteiger partial charge in [-0.15, -0.1) is 0 Å². The minimum Gasteiger partial charge on any atom is -0.325 e. The maximum absolute atomic E-state index is 12.3. The van der Waals surface area contributed by atoms with Gasteiger partial charge in [-0.2, -0.15) is 5.10 Å². The Morgan fingerprint density at radius 3 is 2.55 bits per heavy atom. The summed E-state index contributed by atoms with van der Waals surface area (Å²) >= 11 is 1.38. The van der Waals surface area contributed by atoms with E-state index in [1.54, 1.807) is 6.20 Å². The van der Waals surface area contributed by atoms with Crippen molar-refractivity contribution in [2.75, 3.05) is 11.1 Å². The van der Waals surface area contributed by atoms with Crippen LogP contribution in [0.2, 0.25) is 0 Å². The van der Waals surface area contributed by atoms with Crippen LogP contribution in [0.1, 0.15) is 16.7 Å². The summed E-state index contributed by atoms with van der Waals surface area (Å²) in [5, 5.41) is 9.00. The molecule has 1 N–H and O–H groups in total.